The summed E-state index contributed by atoms with van der Waals surface area (Å²) < 4.78 is 9.11. The van der Waals surface area contributed by atoms with E-state index in [-0.39, 0.29) is 11.6 Å². The fourth-order valence-electron chi connectivity index (χ4n) is 2.03. The van der Waals surface area contributed by atoms with E-state index in [1.807, 2.05) is 0 Å². The lowest BCUT2D eigenvalue weighted by molar-refractivity contribution is -0.138. The average molecular weight is 331 g/mol. The van der Waals surface area contributed by atoms with E-state index in [1.165, 1.54) is 19.2 Å². The second-order valence-corrected chi connectivity index (χ2v) is 4.96. The summed E-state index contributed by atoms with van der Waals surface area (Å²) in [6, 6.07) is 6.66. The molecular weight excluding hydrogens is 314 g/mol. The van der Waals surface area contributed by atoms with Crippen molar-refractivity contribution >= 4 is 34.9 Å². The smallest absolute Gasteiger partial charge is 0.354 e. The highest BCUT2D eigenvalue weighted by molar-refractivity contribution is 6.12. The molecule has 0 unspecified atom stereocenters. The van der Waals surface area contributed by atoms with Gasteiger partial charge in [0.2, 0.25) is 0 Å². The standard InChI is InChI=1S/C16H17N3O5/c1-10-8-14(20)19(18-10)12-6-4-11(5-7-12)17-13(16(22)24-3)9-15(21)23-2/h4-7,9,17H,8H2,1-3H3/b13-9+. The van der Waals surface area contributed by atoms with Gasteiger partial charge in [0.25, 0.3) is 5.91 Å². The monoisotopic (exact) mass is 331 g/mol. The van der Waals surface area contributed by atoms with Crippen LogP contribution in [0.15, 0.2) is 41.1 Å². The molecule has 1 aliphatic heterocycles. The Kier molecular flexibility index (Phi) is 5.31. The highest BCUT2D eigenvalue weighted by Crippen LogP contribution is 2.23. The molecule has 1 aromatic rings. The Labute approximate surface area is 138 Å². The minimum absolute atomic E-state index is 0.0665. The first kappa shape index (κ1) is 17.2. The molecule has 24 heavy (non-hydrogen) atoms. The molecule has 1 N–H and O–H groups in total. The molecule has 8 nitrogen and oxygen atoms in total. The quantitative estimate of drug-likeness (QED) is 0.648. The minimum Gasteiger partial charge on any atom is -0.466 e. The number of esters is 2. The van der Waals surface area contributed by atoms with E-state index in [1.54, 1.807) is 31.2 Å². The topological polar surface area (TPSA) is 97.3 Å². The number of methoxy groups -OCH3 is 2. The number of hydrazone groups is 1. The lowest BCUT2D eigenvalue weighted by atomic mass is 10.2. The minimum atomic E-state index is -0.709. The number of benzene rings is 1. The zero-order valence-corrected chi connectivity index (χ0v) is 13.5. The molecule has 0 saturated heterocycles. The second kappa shape index (κ2) is 7.40. The van der Waals surface area contributed by atoms with Gasteiger partial charge in [-0.2, -0.15) is 5.10 Å². The molecule has 2 rings (SSSR count). The Bertz CT molecular complexity index is 722. The number of rotatable bonds is 5. The van der Waals surface area contributed by atoms with Crippen molar-refractivity contribution in [2.45, 2.75) is 13.3 Å². The molecule has 0 aliphatic carbocycles. The molecule has 1 heterocycles. The first-order valence-corrected chi connectivity index (χ1v) is 7.06. The number of anilines is 2. The van der Waals surface area contributed by atoms with Gasteiger partial charge in [0.1, 0.15) is 5.70 Å². The van der Waals surface area contributed by atoms with Crippen LogP contribution in [0.1, 0.15) is 13.3 Å². The highest BCUT2D eigenvalue weighted by Gasteiger charge is 2.22. The summed E-state index contributed by atoms with van der Waals surface area (Å²) in [5.41, 5.74) is 1.82. The van der Waals surface area contributed by atoms with Gasteiger partial charge in [0.05, 0.1) is 32.4 Å². The molecule has 1 aromatic carbocycles. The van der Waals surface area contributed by atoms with Gasteiger partial charge in [-0.05, 0) is 31.2 Å². The Balaban J connectivity index is 2.17. The van der Waals surface area contributed by atoms with Crippen LogP contribution in [0.4, 0.5) is 11.4 Å². The van der Waals surface area contributed by atoms with Crippen LogP contribution >= 0.6 is 0 Å². The fourth-order valence-corrected chi connectivity index (χ4v) is 2.03. The molecule has 1 aliphatic rings. The summed E-state index contributed by atoms with van der Waals surface area (Å²) in [7, 11) is 2.41. The number of hydrogen-bond donors (Lipinski definition) is 1. The van der Waals surface area contributed by atoms with Crippen molar-refractivity contribution in [1.29, 1.82) is 0 Å². The third kappa shape index (κ3) is 3.97. The zero-order chi connectivity index (χ0) is 17.7. The normalized spacial score (nSPS) is 14.3. The van der Waals surface area contributed by atoms with Crippen molar-refractivity contribution in [1.82, 2.24) is 0 Å². The van der Waals surface area contributed by atoms with Gasteiger partial charge in [-0.25, -0.2) is 14.6 Å². The maximum absolute atomic E-state index is 11.8. The molecule has 0 fully saturated rings. The molecule has 0 bridgehead atoms. The van der Waals surface area contributed by atoms with Gasteiger partial charge in [-0.15, -0.1) is 0 Å². The van der Waals surface area contributed by atoms with Crippen LogP contribution in [0.2, 0.25) is 0 Å². The Morgan fingerprint density at radius 1 is 1.21 bits per heavy atom. The molecule has 0 aromatic heterocycles. The van der Waals surface area contributed by atoms with Crippen molar-refractivity contribution in [3.05, 3.63) is 36.0 Å². The molecule has 0 saturated carbocycles. The van der Waals surface area contributed by atoms with E-state index in [4.69, 9.17) is 0 Å². The predicted octanol–water partition coefficient (Wildman–Crippen LogP) is 1.44. The van der Waals surface area contributed by atoms with Crippen LogP contribution in [-0.4, -0.2) is 37.8 Å². The van der Waals surface area contributed by atoms with Crippen molar-refractivity contribution in [3.63, 3.8) is 0 Å². The van der Waals surface area contributed by atoms with E-state index in [0.717, 1.165) is 11.8 Å². The lowest BCUT2D eigenvalue weighted by Gasteiger charge is -2.13. The number of ether oxygens (including phenoxy) is 2. The van der Waals surface area contributed by atoms with Crippen molar-refractivity contribution in [2.75, 3.05) is 24.5 Å². The number of carbonyl (C=O) groups is 3. The van der Waals surface area contributed by atoms with Crippen LogP contribution in [0.5, 0.6) is 0 Å². The summed E-state index contributed by atoms with van der Waals surface area (Å²) in [6.07, 6.45) is 1.30. The zero-order valence-electron chi connectivity index (χ0n) is 13.5. The molecule has 1 amide bonds. The lowest BCUT2D eigenvalue weighted by Crippen LogP contribution is -2.19. The Morgan fingerprint density at radius 2 is 1.88 bits per heavy atom. The predicted molar refractivity (Wildman–Crippen MR) is 87.4 cm³/mol. The summed E-state index contributed by atoms with van der Waals surface area (Å²) in [6.45, 7) is 1.79. The summed E-state index contributed by atoms with van der Waals surface area (Å²) in [5, 5.41) is 8.26. The second-order valence-electron chi connectivity index (χ2n) is 4.96. The summed E-state index contributed by atoms with van der Waals surface area (Å²) >= 11 is 0. The van der Waals surface area contributed by atoms with Crippen molar-refractivity contribution in [2.24, 2.45) is 5.10 Å². The fraction of sp³-hybridized carbons (Fsp3) is 0.250. The Morgan fingerprint density at radius 3 is 2.38 bits per heavy atom. The van der Waals surface area contributed by atoms with Crippen LogP contribution < -0.4 is 10.3 Å². The van der Waals surface area contributed by atoms with Crippen LogP contribution in [0.25, 0.3) is 0 Å². The van der Waals surface area contributed by atoms with Gasteiger partial charge >= 0.3 is 11.9 Å². The molecule has 126 valence electrons. The van der Waals surface area contributed by atoms with Gasteiger partial charge in [-0.3, -0.25) is 4.79 Å². The van der Waals surface area contributed by atoms with E-state index < -0.39 is 11.9 Å². The molecule has 0 radical (unpaired) electrons. The van der Waals surface area contributed by atoms with Crippen LogP contribution in [-0.2, 0) is 23.9 Å². The number of nitrogens with one attached hydrogen (secondary N) is 1. The first-order valence-electron chi connectivity index (χ1n) is 7.06. The molecule has 0 spiro atoms. The van der Waals surface area contributed by atoms with E-state index in [2.05, 4.69) is 19.9 Å². The molecule has 8 heteroatoms. The average Bonchev–Trinajstić information content (AvgIpc) is 2.92. The maximum Gasteiger partial charge on any atom is 0.354 e. The van der Waals surface area contributed by atoms with Gasteiger partial charge in [-0.1, -0.05) is 0 Å². The van der Waals surface area contributed by atoms with Crippen LogP contribution in [0, 0.1) is 0 Å². The Hall–Kier alpha value is -3.16. The van der Waals surface area contributed by atoms with E-state index in [0.29, 0.717) is 17.8 Å². The summed E-state index contributed by atoms with van der Waals surface area (Å²) in [4.78, 5) is 34.8. The number of amides is 1. The van der Waals surface area contributed by atoms with Crippen molar-refractivity contribution < 1.29 is 23.9 Å². The van der Waals surface area contributed by atoms with Gasteiger partial charge < -0.3 is 14.8 Å². The van der Waals surface area contributed by atoms with Gasteiger partial charge in [0, 0.05) is 11.4 Å². The SMILES string of the molecule is COC(=O)/C=C(/Nc1ccc(N2N=C(C)CC2=O)cc1)C(=O)OC. The number of hydrogen-bond acceptors (Lipinski definition) is 7. The number of nitrogens with zero attached hydrogens (tertiary/aromatic N) is 2. The van der Waals surface area contributed by atoms with Gasteiger partial charge in [0.15, 0.2) is 0 Å². The maximum atomic E-state index is 11.8. The molecular formula is C16H17N3O5. The van der Waals surface area contributed by atoms with E-state index >= 15 is 0 Å². The summed E-state index contributed by atoms with van der Waals surface area (Å²) in [5.74, 6) is -1.50. The molecule has 0 atom stereocenters. The van der Waals surface area contributed by atoms with Crippen molar-refractivity contribution in [3.8, 4) is 0 Å². The van der Waals surface area contributed by atoms with Crippen LogP contribution in [0.3, 0.4) is 0 Å². The number of carbonyl (C=O) groups excluding carboxylic acids is 3. The van der Waals surface area contributed by atoms with E-state index in [9.17, 15) is 14.4 Å². The first-order chi connectivity index (χ1) is 11.4. The largest absolute Gasteiger partial charge is 0.466 e. The highest BCUT2D eigenvalue weighted by atomic mass is 16.5. The third-order valence-electron chi connectivity index (χ3n) is 3.17. The third-order valence-corrected chi connectivity index (χ3v) is 3.17.